The first-order valence-electron chi connectivity index (χ1n) is 5.74. The monoisotopic (exact) mass is 327 g/mol. The van der Waals surface area contributed by atoms with Crippen molar-refractivity contribution in [2.75, 3.05) is 5.01 Å². The van der Waals surface area contributed by atoms with Gasteiger partial charge in [0, 0.05) is 6.07 Å². The van der Waals surface area contributed by atoms with Gasteiger partial charge in [-0.15, -0.1) is 5.53 Å². The molecule has 1 aromatic carbocycles. The summed E-state index contributed by atoms with van der Waals surface area (Å²) >= 11 is 11.6. The first-order chi connectivity index (χ1) is 10.1. The number of hydrogen-bond acceptors (Lipinski definition) is 6. The summed E-state index contributed by atoms with van der Waals surface area (Å²) in [4.78, 5) is 7.54. The molecule has 0 aliphatic carbocycles. The number of nitrogens with zero attached hydrogens (tertiary/aromatic N) is 3. The van der Waals surface area contributed by atoms with Gasteiger partial charge in [0.15, 0.2) is 5.82 Å². The molecule has 2 heterocycles. The Morgan fingerprint density at radius 1 is 1.24 bits per heavy atom. The van der Waals surface area contributed by atoms with E-state index >= 15 is 0 Å². The lowest BCUT2D eigenvalue weighted by Gasteiger charge is -2.19. The molecule has 1 aromatic heterocycles. The fraction of sp³-hybridized carbons (Fsp3) is 0. The highest BCUT2D eigenvalue weighted by Gasteiger charge is 2.22. The van der Waals surface area contributed by atoms with E-state index in [2.05, 4.69) is 20.9 Å². The third-order valence-electron chi connectivity index (χ3n) is 2.78. The van der Waals surface area contributed by atoms with E-state index in [9.17, 15) is 9.50 Å². The minimum absolute atomic E-state index is 0.0610. The quantitative estimate of drug-likeness (QED) is 0.736. The number of anilines is 1. The summed E-state index contributed by atoms with van der Waals surface area (Å²) < 4.78 is 14.4. The Balaban J connectivity index is 2.20. The van der Waals surface area contributed by atoms with Crippen molar-refractivity contribution < 1.29 is 9.50 Å². The molecule has 0 fully saturated rings. The Labute approximate surface area is 128 Å². The summed E-state index contributed by atoms with van der Waals surface area (Å²) in [6, 6.07) is 4.26. The molecule has 21 heavy (non-hydrogen) atoms. The maximum Gasteiger partial charge on any atom is 0.214 e. The standard InChI is InChI=1S/C12H8Cl2FN5O/c13-6-1-2-8(20-4-9(14)18-19-20)11(12(6)15)7-3-10(21)17-5-16-7/h1-5,18-19H,(H,16,17,21). The maximum atomic E-state index is 14.4. The van der Waals surface area contributed by atoms with Gasteiger partial charge in [-0.2, -0.15) is 0 Å². The molecule has 0 radical (unpaired) electrons. The number of aromatic nitrogens is 2. The van der Waals surface area contributed by atoms with Crippen LogP contribution in [0.15, 0.2) is 35.9 Å². The van der Waals surface area contributed by atoms with Crippen LogP contribution in [0, 0.1) is 5.82 Å². The van der Waals surface area contributed by atoms with E-state index in [1.54, 1.807) is 6.07 Å². The summed E-state index contributed by atoms with van der Waals surface area (Å²) in [5.74, 6) is -0.933. The third kappa shape index (κ3) is 2.58. The Morgan fingerprint density at radius 2 is 2.05 bits per heavy atom. The minimum atomic E-state index is -0.662. The molecular weight excluding hydrogens is 320 g/mol. The summed E-state index contributed by atoms with van der Waals surface area (Å²) in [6.07, 6.45) is 2.65. The lowest BCUT2D eigenvalue weighted by atomic mass is 10.1. The second-order valence-electron chi connectivity index (χ2n) is 4.10. The van der Waals surface area contributed by atoms with Crippen LogP contribution in [-0.4, -0.2) is 15.1 Å². The molecule has 0 atom stereocenters. The van der Waals surface area contributed by atoms with Crippen LogP contribution in [0.1, 0.15) is 0 Å². The molecule has 6 nitrogen and oxygen atoms in total. The zero-order valence-corrected chi connectivity index (χ0v) is 11.8. The van der Waals surface area contributed by atoms with Crippen LogP contribution < -0.4 is 16.0 Å². The largest absolute Gasteiger partial charge is 0.493 e. The van der Waals surface area contributed by atoms with E-state index in [0.717, 1.165) is 6.33 Å². The molecule has 1 aliphatic heterocycles. The second-order valence-corrected chi connectivity index (χ2v) is 4.92. The molecule has 108 valence electrons. The zero-order chi connectivity index (χ0) is 15.0. The topological polar surface area (TPSA) is 73.3 Å². The fourth-order valence-electron chi connectivity index (χ4n) is 1.89. The van der Waals surface area contributed by atoms with Gasteiger partial charge in [-0.25, -0.2) is 14.4 Å². The first-order valence-corrected chi connectivity index (χ1v) is 6.49. The highest BCUT2D eigenvalue weighted by Crippen LogP contribution is 2.36. The summed E-state index contributed by atoms with van der Waals surface area (Å²) in [5.41, 5.74) is 6.11. The van der Waals surface area contributed by atoms with E-state index in [1.807, 2.05) is 0 Å². The highest BCUT2D eigenvalue weighted by molar-refractivity contribution is 6.31. The number of hydrazine groups is 2. The Kier molecular flexibility index (Phi) is 3.54. The van der Waals surface area contributed by atoms with E-state index in [4.69, 9.17) is 23.2 Å². The highest BCUT2D eigenvalue weighted by atomic mass is 35.5. The van der Waals surface area contributed by atoms with Crippen molar-refractivity contribution in [3.63, 3.8) is 0 Å². The number of aromatic hydroxyl groups is 1. The molecule has 0 amide bonds. The average Bonchev–Trinajstić information content (AvgIpc) is 2.88. The molecule has 3 rings (SSSR count). The van der Waals surface area contributed by atoms with Crippen LogP contribution in [0.3, 0.4) is 0 Å². The van der Waals surface area contributed by atoms with Crippen LogP contribution in [0.2, 0.25) is 5.02 Å². The molecule has 1 aliphatic rings. The fourth-order valence-corrected chi connectivity index (χ4v) is 2.19. The SMILES string of the molecule is Oc1cc(-c2c(N3C=C(Cl)NN3)ccc(Cl)c2F)ncn1. The number of halogens is 3. The van der Waals surface area contributed by atoms with Crippen molar-refractivity contribution in [3.05, 3.63) is 46.7 Å². The van der Waals surface area contributed by atoms with Gasteiger partial charge in [0.25, 0.3) is 0 Å². The Hall–Kier alpha value is -2.09. The average molecular weight is 328 g/mol. The molecule has 3 N–H and O–H groups in total. The second kappa shape index (κ2) is 5.36. The van der Waals surface area contributed by atoms with Gasteiger partial charge in [-0.05, 0) is 12.1 Å². The number of benzene rings is 1. The normalized spacial score (nSPS) is 14.0. The molecule has 0 saturated carbocycles. The lowest BCUT2D eigenvalue weighted by molar-refractivity contribution is 0.452. The van der Waals surface area contributed by atoms with Crippen molar-refractivity contribution in [1.82, 2.24) is 20.9 Å². The van der Waals surface area contributed by atoms with Crippen LogP contribution in [0.25, 0.3) is 11.3 Å². The van der Waals surface area contributed by atoms with Crippen molar-refractivity contribution in [2.24, 2.45) is 0 Å². The van der Waals surface area contributed by atoms with Crippen molar-refractivity contribution >= 4 is 28.9 Å². The third-order valence-corrected chi connectivity index (χ3v) is 3.26. The molecular formula is C12H8Cl2FN5O. The van der Waals surface area contributed by atoms with Gasteiger partial charge in [0.05, 0.1) is 28.2 Å². The van der Waals surface area contributed by atoms with Gasteiger partial charge in [0.1, 0.15) is 11.5 Å². The molecule has 0 spiro atoms. The molecule has 0 saturated heterocycles. The van der Waals surface area contributed by atoms with Crippen LogP contribution in [-0.2, 0) is 0 Å². The van der Waals surface area contributed by atoms with Gasteiger partial charge in [-0.3, -0.25) is 10.4 Å². The lowest BCUT2D eigenvalue weighted by Crippen LogP contribution is -2.36. The van der Waals surface area contributed by atoms with E-state index in [0.29, 0.717) is 10.8 Å². The molecule has 2 aromatic rings. The van der Waals surface area contributed by atoms with Gasteiger partial charge in [0.2, 0.25) is 5.88 Å². The van der Waals surface area contributed by atoms with Crippen LogP contribution >= 0.6 is 23.2 Å². The molecule has 0 bridgehead atoms. The number of rotatable bonds is 2. The van der Waals surface area contributed by atoms with Gasteiger partial charge < -0.3 is 5.11 Å². The van der Waals surface area contributed by atoms with Crippen LogP contribution in [0.5, 0.6) is 5.88 Å². The van der Waals surface area contributed by atoms with E-state index in [-0.39, 0.29) is 22.2 Å². The smallest absolute Gasteiger partial charge is 0.214 e. The predicted octanol–water partition coefficient (Wildman–Crippen LogP) is 2.51. The Morgan fingerprint density at radius 3 is 2.71 bits per heavy atom. The number of nitrogens with one attached hydrogen (secondary N) is 2. The van der Waals surface area contributed by atoms with Crippen LogP contribution in [0.4, 0.5) is 10.1 Å². The first kappa shape index (κ1) is 13.9. The van der Waals surface area contributed by atoms with Crippen molar-refractivity contribution in [3.8, 4) is 17.1 Å². The zero-order valence-electron chi connectivity index (χ0n) is 10.3. The summed E-state index contributed by atoms with van der Waals surface area (Å²) in [5, 5.41) is 11.2. The van der Waals surface area contributed by atoms with E-state index < -0.39 is 5.82 Å². The summed E-state index contributed by atoms with van der Waals surface area (Å²) in [6.45, 7) is 0. The van der Waals surface area contributed by atoms with E-state index in [1.165, 1.54) is 23.3 Å². The maximum absolute atomic E-state index is 14.4. The molecule has 0 unspecified atom stereocenters. The minimum Gasteiger partial charge on any atom is -0.493 e. The Bertz CT molecular complexity index is 740. The predicted molar refractivity (Wildman–Crippen MR) is 76.8 cm³/mol. The van der Waals surface area contributed by atoms with Gasteiger partial charge >= 0.3 is 0 Å². The van der Waals surface area contributed by atoms with Gasteiger partial charge in [-0.1, -0.05) is 23.2 Å². The van der Waals surface area contributed by atoms with Crippen molar-refractivity contribution in [1.29, 1.82) is 0 Å². The molecule has 9 heteroatoms. The van der Waals surface area contributed by atoms with Crippen molar-refractivity contribution in [2.45, 2.75) is 0 Å². The summed E-state index contributed by atoms with van der Waals surface area (Å²) in [7, 11) is 0. The number of hydrogen-bond donors (Lipinski definition) is 3.